The molecule has 1 aromatic heterocycles. The average Bonchev–Trinajstić information content (AvgIpc) is 3.39. The Hall–Kier alpha value is -1.78. The Balaban J connectivity index is 0.00000432. The van der Waals surface area contributed by atoms with Crippen molar-refractivity contribution in [3.63, 3.8) is 0 Å². The number of aromatic nitrogens is 2. The van der Waals surface area contributed by atoms with Gasteiger partial charge in [0.05, 0.1) is 24.3 Å². The molecule has 2 atom stereocenters. The summed E-state index contributed by atoms with van der Waals surface area (Å²) in [6.07, 6.45) is 2.07. The van der Waals surface area contributed by atoms with Crippen LogP contribution in [0.2, 0.25) is 0 Å². The third-order valence-corrected chi connectivity index (χ3v) is 6.24. The normalized spacial score (nSPS) is 15.6. The molecule has 1 aliphatic rings. The van der Waals surface area contributed by atoms with Crippen LogP contribution in [0.5, 0.6) is 0 Å². The number of hydrogen-bond donors (Lipinski definition) is 4. The fourth-order valence-corrected chi connectivity index (χ4v) is 4.62. The number of amides is 1. The van der Waals surface area contributed by atoms with Crippen molar-refractivity contribution in [1.29, 1.82) is 0 Å². The molecule has 0 unspecified atom stereocenters. The van der Waals surface area contributed by atoms with Gasteiger partial charge in [0.15, 0.2) is 5.69 Å². The van der Waals surface area contributed by atoms with Gasteiger partial charge in [0.2, 0.25) is 0 Å². The molecule has 2 aromatic rings. The molecule has 35 heavy (non-hydrogen) atoms. The van der Waals surface area contributed by atoms with Gasteiger partial charge in [0.25, 0.3) is 5.91 Å². The second-order valence-electron chi connectivity index (χ2n) is 9.39. The van der Waals surface area contributed by atoms with Crippen molar-refractivity contribution in [2.75, 3.05) is 0 Å². The first-order valence-electron chi connectivity index (χ1n) is 11.9. The number of rotatable bonds is 11. The number of benzene rings is 1. The molecule has 4 N–H and O–H groups in total. The summed E-state index contributed by atoms with van der Waals surface area (Å²) >= 11 is 0. The number of carboxylic acid groups (broad SMARTS) is 1. The molecule has 3 rings (SSSR count). The van der Waals surface area contributed by atoms with Crippen molar-refractivity contribution >= 4 is 41.4 Å². The van der Waals surface area contributed by atoms with Crippen LogP contribution >= 0.6 is 0 Å². The van der Waals surface area contributed by atoms with Crippen LogP contribution in [0.15, 0.2) is 24.3 Å². The monoisotopic (exact) mass is 499 g/mol. The zero-order valence-corrected chi connectivity index (χ0v) is 19.7. The van der Waals surface area contributed by atoms with E-state index in [2.05, 4.69) is 10.4 Å². The van der Waals surface area contributed by atoms with Crippen LogP contribution < -0.4 is 5.32 Å². The molecular weight excluding hydrogens is 464 g/mol. The first-order valence-corrected chi connectivity index (χ1v) is 11.9. The Morgan fingerprint density at radius 2 is 1.77 bits per heavy atom. The Bertz CT molecular complexity index is 990. The Labute approximate surface area is 227 Å². The maximum atomic E-state index is 13.5. The van der Waals surface area contributed by atoms with Crippen molar-refractivity contribution in [2.24, 2.45) is 0 Å². The predicted octanol–water partition coefficient (Wildman–Crippen LogP) is 2.68. The number of carbonyl (C=O) groups excluding carboxylic acids is 1. The zero-order chi connectivity index (χ0) is 24.8. The van der Waals surface area contributed by atoms with Gasteiger partial charge in [0, 0.05) is 17.3 Å². The molecular formula is C25H35FN3NaO5. The number of carboxylic acids is 1. The summed E-state index contributed by atoms with van der Waals surface area (Å²) in [5.41, 5.74) is 2.41. The number of aliphatic hydroxyl groups is 2. The molecule has 188 valence electrons. The zero-order valence-electron chi connectivity index (χ0n) is 19.7. The number of halogens is 1. The molecule has 1 amide bonds. The fraction of sp³-hybridized carbons (Fsp3) is 0.560. The Morgan fingerprint density at radius 1 is 1.14 bits per heavy atom. The maximum absolute atomic E-state index is 13.5. The molecule has 0 radical (unpaired) electrons. The molecule has 0 spiro atoms. The minimum atomic E-state index is -1.15. The van der Waals surface area contributed by atoms with Crippen LogP contribution in [0.4, 0.5) is 4.39 Å². The second-order valence-corrected chi connectivity index (χ2v) is 9.39. The second kappa shape index (κ2) is 13.5. The van der Waals surface area contributed by atoms with Crippen LogP contribution in [0, 0.1) is 5.82 Å². The summed E-state index contributed by atoms with van der Waals surface area (Å²) in [7, 11) is 0. The number of aliphatic carboxylic acids is 1. The van der Waals surface area contributed by atoms with E-state index in [1.807, 2.05) is 13.8 Å². The molecule has 1 aromatic carbocycles. The van der Waals surface area contributed by atoms with Crippen LogP contribution in [0.3, 0.4) is 0 Å². The van der Waals surface area contributed by atoms with Crippen molar-refractivity contribution in [2.45, 2.75) is 89.4 Å². The van der Waals surface area contributed by atoms with Gasteiger partial charge in [-0.1, -0.05) is 26.7 Å². The van der Waals surface area contributed by atoms with Gasteiger partial charge in [-0.05, 0) is 62.3 Å². The predicted molar refractivity (Wildman–Crippen MR) is 132 cm³/mol. The molecule has 0 bridgehead atoms. The number of aliphatic hydroxyl groups excluding tert-OH is 2. The van der Waals surface area contributed by atoms with Crippen molar-refractivity contribution in [1.82, 2.24) is 15.1 Å². The summed E-state index contributed by atoms with van der Waals surface area (Å²) < 4.78 is 15.2. The first kappa shape index (κ1) is 29.5. The van der Waals surface area contributed by atoms with Gasteiger partial charge < -0.3 is 20.6 Å². The van der Waals surface area contributed by atoms with E-state index in [0.29, 0.717) is 17.8 Å². The van der Waals surface area contributed by atoms with E-state index in [4.69, 9.17) is 5.11 Å². The number of nitrogens with one attached hydrogen (secondary N) is 1. The Kier molecular flexibility index (Phi) is 11.4. The molecule has 0 saturated heterocycles. The fourth-order valence-electron chi connectivity index (χ4n) is 4.62. The minimum absolute atomic E-state index is 0. The third kappa shape index (κ3) is 8.11. The molecule has 1 fully saturated rings. The topological polar surface area (TPSA) is 125 Å². The van der Waals surface area contributed by atoms with Gasteiger partial charge in [-0.25, -0.2) is 9.07 Å². The summed E-state index contributed by atoms with van der Waals surface area (Å²) in [6.45, 7) is 3.93. The quantitative estimate of drug-likeness (QED) is 0.353. The van der Waals surface area contributed by atoms with Gasteiger partial charge in [-0.15, -0.1) is 0 Å². The number of carbonyl (C=O) groups is 2. The summed E-state index contributed by atoms with van der Waals surface area (Å²) in [6, 6.07) is 5.95. The van der Waals surface area contributed by atoms with E-state index in [1.165, 1.54) is 12.1 Å². The van der Waals surface area contributed by atoms with Crippen LogP contribution in [0.1, 0.15) is 86.5 Å². The third-order valence-electron chi connectivity index (χ3n) is 6.24. The van der Waals surface area contributed by atoms with E-state index in [9.17, 15) is 24.2 Å². The average molecular weight is 500 g/mol. The molecule has 0 aliphatic heterocycles. The number of hydrogen-bond acceptors (Lipinski definition) is 5. The first-order chi connectivity index (χ1) is 16.2. The van der Waals surface area contributed by atoms with Crippen LogP contribution in [0.25, 0.3) is 5.69 Å². The van der Waals surface area contributed by atoms with Gasteiger partial charge in [-0.3, -0.25) is 9.59 Å². The van der Waals surface area contributed by atoms with E-state index in [-0.39, 0.29) is 66.1 Å². The van der Waals surface area contributed by atoms with Crippen molar-refractivity contribution in [3.05, 3.63) is 47.0 Å². The van der Waals surface area contributed by atoms with Crippen LogP contribution in [-0.4, -0.2) is 84.8 Å². The standard InChI is InChI=1S/C25H34FN3O5.Na.H/c1-15(2)23-21(12-11-19(30)13-20(31)14-22(32)33)29(18-9-7-16(26)8-10-18)28-24(23)25(34)27-17-5-3-4-6-17;;/h7-10,15,17,19-20,30-31H,3-6,11-14H2,1-2H3,(H,27,34)(H,32,33);;/t19-,20-;;/m1../s1. The van der Waals surface area contributed by atoms with Gasteiger partial charge in [-0.2, -0.15) is 5.10 Å². The van der Waals surface area contributed by atoms with E-state index < -0.39 is 24.6 Å². The van der Waals surface area contributed by atoms with E-state index in [0.717, 1.165) is 36.9 Å². The molecule has 1 saturated carbocycles. The van der Waals surface area contributed by atoms with Gasteiger partial charge in [0.1, 0.15) is 5.82 Å². The Morgan fingerprint density at radius 3 is 2.34 bits per heavy atom. The molecule has 10 heteroatoms. The summed E-state index contributed by atoms with van der Waals surface area (Å²) in [5, 5.41) is 36.8. The SMILES string of the molecule is CC(C)c1c(C(=O)NC2CCCC2)nn(-c2ccc(F)cc2)c1CC[C@@H](O)C[C@@H](O)CC(=O)O.[NaH]. The van der Waals surface area contributed by atoms with Crippen LogP contribution in [-0.2, 0) is 11.2 Å². The van der Waals surface area contributed by atoms with Crippen molar-refractivity contribution < 1.29 is 29.3 Å². The van der Waals surface area contributed by atoms with E-state index >= 15 is 0 Å². The summed E-state index contributed by atoms with van der Waals surface area (Å²) in [5.74, 6) is -1.80. The molecule has 1 aliphatic carbocycles. The summed E-state index contributed by atoms with van der Waals surface area (Å²) in [4.78, 5) is 24.0. The molecule has 1 heterocycles. The van der Waals surface area contributed by atoms with Crippen molar-refractivity contribution in [3.8, 4) is 5.69 Å². The number of nitrogens with zero attached hydrogens (tertiary/aromatic N) is 2. The van der Waals surface area contributed by atoms with E-state index in [1.54, 1.807) is 16.8 Å². The molecule has 8 nitrogen and oxygen atoms in total. The van der Waals surface area contributed by atoms with Gasteiger partial charge >= 0.3 is 35.5 Å².